The molecule has 1 aromatic carbocycles. The molecule has 0 saturated carbocycles. The maximum Gasteiger partial charge on any atom is 0.297 e. The van der Waals surface area contributed by atoms with Gasteiger partial charge < -0.3 is 4.74 Å². The molecule has 0 aliphatic carbocycles. The van der Waals surface area contributed by atoms with Crippen LogP contribution in [0.5, 0.6) is 5.75 Å². The minimum Gasteiger partial charge on any atom is -0.493 e. The topological polar surface area (TPSA) is 72.3 Å². The smallest absolute Gasteiger partial charge is 0.297 e. The van der Waals surface area contributed by atoms with E-state index in [9.17, 15) is 4.79 Å². The zero-order valence-electron chi connectivity index (χ0n) is 15.2. The average molecular weight is 360 g/mol. The molecule has 1 heterocycles. The summed E-state index contributed by atoms with van der Waals surface area (Å²) in [6.45, 7) is 10.5. The highest BCUT2D eigenvalue weighted by Gasteiger charge is 2.21. The molecule has 7 heteroatoms. The van der Waals surface area contributed by atoms with Crippen LogP contribution in [0.1, 0.15) is 45.9 Å². The van der Waals surface area contributed by atoms with Gasteiger partial charge in [-0.1, -0.05) is 46.8 Å². The van der Waals surface area contributed by atoms with Crippen molar-refractivity contribution in [2.24, 2.45) is 11.0 Å². The molecule has 0 aliphatic heterocycles. The molecule has 25 heavy (non-hydrogen) atoms. The van der Waals surface area contributed by atoms with Crippen LogP contribution in [-0.2, 0) is 5.41 Å². The molecule has 2 rings (SSSR count). The molecule has 0 radical (unpaired) electrons. The van der Waals surface area contributed by atoms with Crippen molar-refractivity contribution in [3.63, 3.8) is 0 Å². The molecule has 1 N–H and O–H groups in total. The van der Waals surface area contributed by atoms with E-state index in [1.807, 2.05) is 45.0 Å². The van der Waals surface area contributed by atoms with E-state index in [0.29, 0.717) is 24.0 Å². The second-order valence-electron chi connectivity index (χ2n) is 7.23. The van der Waals surface area contributed by atoms with Crippen LogP contribution < -0.4 is 10.3 Å². The summed E-state index contributed by atoms with van der Waals surface area (Å²) in [6, 6.07) is 7.54. The number of para-hydroxylation sites is 1. The van der Waals surface area contributed by atoms with Crippen LogP contribution in [0.3, 0.4) is 0 Å². The summed E-state index contributed by atoms with van der Waals surface area (Å²) < 4.78 is 7.10. The molecule has 0 spiro atoms. The molecule has 0 unspecified atom stereocenters. The van der Waals surface area contributed by atoms with Gasteiger partial charge in [0.25, 0.3) is 5.56 Å². The first-order chi connectivity index (χ1) is 11.7. The lowest BCUT2D eigenvalue weighted by Crippen LogP contribution is -2.32. The van der Waals surface area contributed by atoms with Crippen molar-refractivity contribution in [1.82, 2.24) is 14.9 Å². The van der Waals surface area contributed by atoms with Crippen LogP contribution in [0.2, 0.25) is 0 Å². The molecule has 0 aliphatic rings. The minimum atomic E-state index is -0.411. The van der Waals surface area contributed by atoms with Gasteiger partial charge >= 0.3 is 0 Å². The zero-order valence-corrected chi connectivity index (χ0v) is 16.1. The molecule has 134 valence electrons. The van der Waals surface area contributed by atoms with E-state index in [4.69, 9.17) is 17.0 Å². The summed E-state index contributed by atoms with van der Waals surface area (Å²) in [5.74, 6) is 1.13. The van der Waals surface area contributed by atoms with Crippen molar-refractivity contribution in [1.29, 1.82) is 0 Å². The highest BCUT2D eigenvalue weighted by molar-refractivity contribution is 7.71. The third-order valence-corrected chi connectivity index (χ3v) is 3.63. The summed E-state index contributed by atoms with van der Waals surface area (Å²) in [5, 5.41) is 11.0. The molecular formula is C18H24N4O2S. The van der Waals surface area contributed by atoms with E-state index in [1.165, 1.54) is 0 Å². The Hall–Kier alpha value is -2.28. The van der Waals surface area contributed by atoms with Crippen LogP contribution in [0.15, 0.2) is 34.2 Å². The van der Waals surface area contributed by atoms with Crippen LogP contribution in [0, 0.1) is 10.7 Å². The number of ether oxygens (including phenoxy) is 1. The first-order valence-electron chi connectivity index (χ1n) is 8.18. The Bertz CT molecular complexity index is 876. The molecule has 0 amide bonds. The van der Waals surface area contributed by atoms with Gasteiger partial charge in [-0.3, -0.25) is 9.89 Å². The van der Waals surface area contributed by atoms with Gasteiger partial charge in [0.2, 0.25) is 4.77 Å². The van der Waals surface area contributed by atoms with Crippen LogP contribution in [0.25, 0.3) is 0 Å². The largest absolute Gasteiger partial charge is 0.493 e. The monoisotopic (exact) mass is 360 g/mol. The van der Waals surface area contributed by atoms with E-state index < -0.39 is 5.41 Å². The van der Waals surface area contributed by atoms with Crippen molar-refractivity contribution in [3.05, 3.63) is 50.6 Å². The highest BCUT2D eigenvalue weighted by Crippen LogP contribution is 2.17. The van der Waals surface area contributed by atoms with Gasteiger partial charge in [-0.2, -0.15) is 14.9 Å². The Morgan fingerprint density at radius 3 is 2.68 bits per heavy atom. The number of hydrogen-bond acceptors (Lipinski definition) is 5. The summed E-state index contributed by atoms with van der Waals surface area (Å²) >= 11 is 5.16. The van der Waals surface area contributed by atoms with Crippen molar-refractivity contribution >= 4 is 18.4 Å². The second kappa shape index (κ2) is 7.74. The SMILES string of the molecule is CC(C)COc1ccccc1/C=N\n1c(=S)[nH]nc(C(C)(C)C)c1=O. The molecular weight excluding hydrogens is 336 g/mol. The summed E-state index contributed by atoms with van der Waals surface area (Å²) in [6.07, 6.45) is 1.58. The van der Waals surface area contributed by atoms with Crippen LogP contribution in [0.4, 0.5) is 0 Å². The van der Waals surface area contributed by atoms with Crippen LogP contribution in [-0.4, -0.2) is 27.7 Å². The quantitative estimate of drug-likeness (QED) is 0.654. The number of hydrogen-bond donors (Lipinski definition) is 1. The van der Waals surface area contributed by atoms with Crippen molar-refractivity contribution in [3.8, 4) is 5.75 Å². The first-order valence-corrected chi connectivity index (χ1v) is 8.59. The van der Waals surface area contributed by atoms with Crippen LogP contribution >= 0.6 is 12.2 Å². The van der Waals surface area contributed by atoms with Crippen molar-refractivity contribution < 1.29 is 4.74 Å². The molecule has 6 nitrogen and oxygen atoms in total. The first kappa shape index (κ1) is 19.1. The number of nitrogens with one attached hydrogen (secondary N) is 1. The Labute approximate surface area is 152 Å². The van der Waals surface area contributed by atoms with Crippen molar-refractivity contribution in [2.45, 2.75) is 40.0 Å². The van der Waals surface area contributed by atoms with E-state index in [0.717, 1.165) is 10.2 Å². The van der Waals surface area contributed by atoms with E-state index in [2.05, 4.69) is 29.1 Å². The van der Waals surface area contributed by atoms with Crippen molar-refractivity contribution in [2.75, 3.05) is 6.61 Å². The standard InChI is InChI=1S/C18H24N4O2S/c1-12(2)11-24-14-9-7-6-8-13(14)10-19-22-16(23)15(18(3,4)5)20-21-17(22)25/h6-10,12H,11H2,1-5H3,(H,21,25)/b19-10-. The Morgan fingerprint density at radius 2 is 2.04 bits per heavy atom. The maximum absolute atomic E-state index is 12.6. The lowest BCUT2D eigenvalue weighted by molar-refractivity contribution is 0.270. The van der Waals surface area contributed by atoms with Gasteiger partial charge in [0, 0.05) is 11.0 Å². The summed E-state index contributed by atoms with van der Waals surface area (Å²) in [7, 11) is 0. The minimum absolute atomic E-state index is 0.148. The normalized spacial score (nSPS) is 12.1. The molecule has 0 atom stereocenters. The molecule has 0 fully saturated rings. The number of aromatic amines is 1. The zero-order chi connectivity index (χ0) is 18.6. The average Bonchev–Trinajstić information content (AvgIpc) is 2.52. The fraction of sp³-hybridized carbons (Fsp3) is 0.444. The molecule has 1 aromatic heterocycles. The van der Waals surface area contributed by atoms with E-state index in [1.54, 1.807) is 6.21 Å². The fourth-order valence-electron chi connectivity index (χ4n) is 2.08. The predicted molar refractivity (Wildman–Crippen MR) is 102 cm³/mol. The highest BCUT2D eigenvalue weighted by atomic mass is 32.1. The summed E-state index contributed by atoms with van der Waals surface area (Å²) in [5.41, 5.74) is 0.417. The van der Waals surface area contributed by atoms with Gasteiger partial charge in [0.15, 0.2) is 0 Å². The molecule has 0 saturated heterocycles. The van der Waals surface area contributed by atoms with Gasteiger partial charge in [-0.25, -0.2) is 0 Å². The maximum atomic E-state index is 12.6. The number of benzene rings is 1. The van der Waals surface area contributed by atoms with Gasteiger partial charge in [-0.05, 0) is 30.3 Å². The van der Waals surface area contributed by atoms with E-state index in [-0.39, 0.29) is 10.3 Å². The Kier molecular flexibility index (Phi) is 5.89. The predicted octanol–water partition coefficient (Wildman–Crippen LogP) is 3.52. The third-order valence-electron chi connectivity index (χ3n) is 3.36. The fourth-order valence-corrected chi connectivity index (χ4v) is 2.26. The summed E-state index contributed by atoms with van der Waals surface area (Å²) in [4.78, 5) is 12.6. The van der Waals surface area contributed by atoms with Gasteiger partial charge in [0.1, 0.15) is 11.4 Å². The van der Waals surface area contributed by atoms with E-state index >= 15 is 0 Å². The number of H-pyrrole nitrogens is 1. The van der Waals surface area contributed by atoms with Gasteiger partial charge in [0.05, 0.1) is 12.8 Å². The number of nitrogens with zero attached hydrogens (tertiary/aromatic N) is 3. The number of aromatic nitrogens is 3. The lowest BCUT2D eigenvalue weighted by atomic mass is 9.93. The third kappa shape index (κ3) is 4.85. The Balaban J connectivity index is 2.41. The second-order valence-corrected chi connectivity index (χ2v) is 7.62. The molecule has 0 bridgehead atoms. The Morgan fingerprint density at radius 1 is 1.36 bits per heavy atom. The molecule has 2 aromatic rings. The lowest BCUT2D eigenvalue weighted by Gasteiger charge is -2.16. The van der Waals surface area contributed by atoms with Gasteiger partial charge in [-0.15, -0.1) is 0 Å². The number of rotatable bonds is 5.